The van der Waals surface area contributed by atoms with Crippen molar-refractivity contribution in [2.24, 2.45) is 10.9 Å². The van der Waals surface area contributed by atoms with Gasteiger partial charge in [0.05, 0.1) is 11.0 Å². The van der Waals surface area contributed by atoms with Crippen molar-refractivity contribution in [3.8, 4) is 11.6 Å². The number of hydrogen-bond acceptors (Lipinski definition) is 6. The second kappa shape index (κ2) is 5.65. The topological polar surface area (TPSA) is 124 Å². The minimum Gasteiger partial charge on any atom is -0.439 e. The summed E-state index contributed by atoms with van der Waals surface area (Å²) < 4.78 is 5.40. The maximum Gasteiger partial charge on any atom is 0.273 e. The summed E-state index contributed by atoms with van der Waals surface area (Å²) in [5.41, 5.74) is 5.56. The fraction of sp³-hybridized carbons (Fsp3) is 0. The summed E-state index contributed by atoms with van der Waals surface area (Å²) in [6.45, 7) is 0. The van der Waals surface area contributed by atoms with Gasteiger partial charge in [0.15, 0.2) is 5.84 Å². The van der Waals surface area contributed by atoms with Crippen LogP contribution in [0.4, 0.5) is 5.69 Å². The number of non-ortho nitro benzene ring substituents is 1. The van der Waals surface area contributed by atoms with Gasteiger partial charge in [-0.3, -0.25) is 10.1 Å². The van der Waals surface area contributed by atoms with Gasteiger partial charge in [-0.1, -0.05) is 17.3 Å². The van der Waals surface area contributed by atoms with Crippen LogP contribution >= 0.6 is 0 Å². The van der Waals surface area contributed by atoms with Gasteiger partial charge in [-0.2, -0.15) is 0 Å². The smallest absolute Gasteiger partial charge is 0.273 e. The SMILES string of the molecule is NC(=NO)c1cccc(Oc2cccc([N+](=O)[O-])c2)n1. The number of aromatic nitrogens is 1. The van der Waals surface area contributed by atoms with Crippen LogP contribution in [-0.4, -0.2) is 21.0 Å². The molecule has 0 amide bonds. The molecule has 102 valence electrons. The Morgan fingerprint density at radius 1 is 1.35 bits per heavy atom. The summed E-state index contributed by atoms with van der Waals surface area (Å²) in [5.74, 6) is 0.285. The second-order valence-electron chi connectivity index (χ2n) is 3.70. The lowest BCUT2D eigenvalue weighted by atomic mass is 10.3. The number of hydrogen-bond donors (Lipinski definition) is 2. The van der Waals surface area contributed by atoms with Gasteiger partial charge in [0.25, 0.3) is 5.69 Å². The van der Waals surface area contributed by atoms with E-state index in [4.69, 9.17) is 15.7 Å². The molecule has 3 N–H and O–H groups in total. The Kier molecular flexibility index (Phi) is 3.75. The van der Waals surface area contributed by atoms with E-state index in [0.29, 0.717) is 0 Å². The van der Waals surface area contributed by atoms with Gasteiger partial charge in [0, 0.05) is 12.1 Å². The Balaban J connectivity index is 2.26. The molecule has 0 saturated heterocycles. The van der Waals surface area contributed by atoms with Crippen LogP contribution < -0.4 is 10.5 Å². The average Bonchev–Trinajstić information content (AvgIpc) is 2.47. The Morgan fingerprint density at radius 2 is 2.10 bits per heavy atom. The molecular formula is C12H10N4O4. The highest BCUT2D eigenvalue weighted by atomic mass is 16.6. The molecule has 8 heteroatoms. The molecule has 20 heavy (non-hydrogen) atoms. The first-order valence-corrected chi connectivity index (χ1v) is 5.47. The van der Waals surface area contributed by atoms with Gasteiger partial charge in [0.2, 0.25) is 5.88 Å². The van der Waals surface area contributed by atoms with Crippen molar-refractivity contribution < 1.29 is 14.9 Å². The number of oxime groups is 1. The standard InChI is InChI=1S/C12H10N4O4/c13-12(15-17)10-5-2-6-11(14-10)20-9-4-1-3-8(7-9)16(18)19/h1-7,17H,(H2,13,15). The molecule has 0 aliphatic rings. The van der Waals surface area contributed by atoms with Crippen molar-refractivity contribution in [1.29, 1.82) is 0 Å². The monoisotopic (exact) mass is 274 g/mol. The maximum absolute atomic E-state index is 10.7. The largest absolute Gasteiger partial charge is 0.439 e. The first-order valence-electron chi connectivity index (χ1n) is 5.47. The molecule has 0 fully saturated rings. The van der Waals surface area contributed by atoms with Crippen LogP contribution in [-0.2, 0) is 0 Å². The summed E-state index contributed by atoms with van der Waals surface area (Å²) in [5, 5.41) is 22.1. The molecule has 2 aromatic rings. The molecule has 1 aromatic carbocycles. The van der Waals surface area contributed by atoms with Crippen LogP contribution in [0.3, 0.4) is 0 Å². The zero-order valence-electron chi connectivity index (χ0n) is 10.1. The van der Waals surface area contributed by atoms with E-state index >= 15 is 0 Å². The molecule has 0 aliphatic carbocycles. The first-order chi connectivity index (χ1) is 9.60. The van der Waals surface area contributed by atoms with Crippen molar-refractivity contribution in [3.63, 3.8) is 0 Å². The van der Waals surface area contributed by atoms with Crippen LogP contribution in [0, 0.1) is 10.1 Å². The lowest BCUT2D eigenvalue weighted by Crippen LogP contribution is -2.14. The number of benzene rings is 1. The number of nitro benzene ring substituents is 1. The van der Waals surface area contributed by atoms with Crippen LogP contribution in [0.15, 0.2) is 47.6 Å². The molecule has 0 bridgehead atoms. The summed E-state index contributed by atoms with van der Waals surface area (Å²) in [6.07, 6.45) is 0. The fourth-order valence-electron chi connectivity index (χ4n) is 1.45. The van der Waals surface area contributed by atoms with E-state index in [-0.39, 0.29) is 28.8 Å². The molecule has 0 unspecified atom stereocenters. The third kappa shape index (κ3) is 2.99. The molecule has 0 saturated carbocycles. The molecule has 0 radical (unpaired) electrons. The van der Waals surface area contributed by atoms with Crippen molar-refractivity contribution in [3.05, 3.63) is 58.3 Å². The highest BCUT2D eigenvalue weighted by molar-refractivity contribution is 5.95. The van der Waals surface area contributed by atoms with E-state index in [1.165, 1.54) is 24.3 Å². The highest BCUT2D eigenvalue weighted by Crippen LogP contribution is 2.23. The van der Waals surface area contributed by atoms with Crippen LogP contribution in [0.25, 0.3) is 0 Å². The summed E-state index contributed by atoms with van der Waals surface area (Å²) in [6, 6.07) is 10.4. The lowest BCUT2D eigenvalue weighted by molar-refractivity contribution is -0.384. The molecule has 1 aromatic heterocycles. The van der Waals surface area contributed by atoms with Crippen LogP contribution in [0.5, 0.6) is 11.6 Å². The van der Waals surface area contributed by atoms with Gasteiger partial charge in [-0.25, -0.2) is 4.98 Å². The Bertz CT molecular complexity index is 672. The summed E-state index contributed by atoms with van der Waals surface area (Å²) >= 11 is 0. The minimum absolute atomic E-state index is 0.0879. The maximum atomic E-state index is 10.7. The normalized spacial score (nSPS) is 11.1. The van der Waals surface area contributed by atoms with Crippen molar-refractivity contribution in [2.45, 2.75) is 0 Å². The molecule has 8 nitrogen and oxygen atoms in total. The van der Waals surface area contributed by atoms with Gasteiger partial charge in [0.1, 0.15) is 11.4 Å². The average molecular weight is 274 g/mol. The van der Waals surface area contributed by atoms with E-state index < -0.39 is 4.92 Å². The first kappa shape index (κ1) is 13.3. The van der Waals surface area contributed by atoms with E-state index in [9.17, 15) is 10.1 Å². The van der Waals surface area contributed by atoms with E-state index in [0.717, 1.165) is 0 Å². The second-order valence-corrected chi connectivity index (χ2v) is 3.70. The van der Waals surface area contributed by atoms with Crippen molar-refractivity contribution >= 4 is 11.5 Å². The Labute approximate surface area is 113 Å². The molecular weight excluding hydrogens is 264 g/mol. The third-order valence-corrected chi connectivity index (χ3v) is 2.34. The predicted octanol–water partition coefficient (Wildman–Crippen LogP) is 1.88. The number of nitrogens with zero attached hydrogens (tertiary/aromatic N) is 3. The van der Waals surface area contributed by atoms with E-state index in [1.807, 2.05) is 0 Å². The Morgan fingerprint density at radius 3 is 2.80 bits per heavy atom. The molecule has 0 aliphatic heterocycles. The summed E-state index contributed by atoms with van der Waals surface area (Å²) in [4.78, 5) is 14.1. The quantitative estimate of drug-likeness (QED) is 0.288. The molecule has 2 rings (SSSR count). The lowest BCUT2D eigenvalue weighted by Gasteiger charge is -2.05. The van der Waals surface area contributed by atoms with E-state index in [2.05, 4.69) is 10.1 Å². The van der Waals surface area contributed by atoms with Crippen molar-refractivity contribution in [1.82, 2.24) is 4.98 Å². The molecule has 0 spiro atoms. The van der Waals surface area contributed by atoms with E-state index in [1.54, 1.807) is 18.2 Å². The highest BCUT2D eigenvalue weighted by Gasteiger charge is 2.08. The fourth-order valence-corrected chi connectivity index (χ4v) is 1.45. The number of ether oxygens (including phenoxy) is 1. The number of rotatable bonds is 4. The molecule has 0 atom stereocenters. The zero-order valence-corrected chi connectivity index (χ0v) is 10.1. The van der Waals surface area contributed by atoms with Gasteiger partial charge in [-0.15, -0.1) is 0 Å². The van der Waals surface area contributed by atoms with Gasteiger partial charge >= 0.3 is 0 Å². The Hall–Kier alpha value is -3.16. The third-order valence-electron chi connectivity index (χ3n) is 2.34. The van der Waals surface area contributed by atoms with Gasteiger partial charge in [-0.05, 0) is 12.1 Å². The number of nitro groups is 1. The van der Waals surface area contributed by atoms with Crippen LogP contribution in [0.1, 0.15) is 5.69 Å². The molecule has 1 heterocycles. The van der Waals surface area contributed by atoms with Crippen LogP contribution in [0.2, 0.25) is 0 Å². The number of pyridine rings is 1. The number of nitrogens with two attached hydrogens (primary N) is 1. The van der Waals surface area contributed by atoms with Crippen molar-refractivity contribution in [2.75, 3.05) is 0 Å². The predicted molar refractivity (Wildman–Crippen MR) is 69.9 cm³/mol. The zero-order chi connectivity index (χ0) is 14.5. The van der Waals surface area contributed by atoms with Gasteiger partial charge < -0.3 is 15.7 Å². The summed E-state index contributed by atoms with van der Waals surface area (Å²) in [7, 11) is 0. The number of amidine groups is 1. The minimum atomic E-state index is -0.521.